The number of aryl methyl sites for hydroxylation is 2. The molecule has 0 aliphatic carbocycles. The lowest BCUT2D eigenvalue weighted by atomic mass is 10.2. The van der Waals surface area contributed by atoms with Gasteiger partial charge in [0.1, 0.15) is 0 Å². The first-order valence-electron chi connectivity index (χ1n) is 9.26. The second-order valence-corrected chi connectivity index (χ2v) is 7.82. The molecule has 0 atom stereocenters. The van der Waals surface area contributed by atoms with E-state index in [0.717, 1.165) is 55.3 Å². The van der Waals surface area contributed by atoms with Crippen molar-refractivity contribution >= 4 is 34.9 Å². The molecule has 0 radical (unpaired) electrons. The second-order valence-electron chi connectivity index (χ2n) is 6.65. The van der Waals surface area contributed by atoms with Gasteiger partial charge in [0.25, 0.3) is 5.91 Å². The van der Waals surface area contributed by atoms with Crippen molar-refractivity contribution in [2.45, 2.75) is 19.8 Å². The monoisotopic (exact) mass is 417 g/mol. The highest BCUT2D eigenvalue weighted by Crippen LogP contribution is 2.20. The number of piperazine rings is 1. The molecule has 1 saturated heterocycles. The van der Waals surface area contributed by atoms with Gasteiger partial charge >= 0.3 is 6.09 Å². The fourth-order valence-electron chi connectivity index (χ4n) is 3.09. The average molecular weight is 417 g/mol. The summed E-state index contributed by atoms with van der Waals surface area (Å²) in [6.07, 6.45) is 2.04. The number of anilines is 1. The third-order valence-electron chi connectivity index (χ3n) is 4.70. The molecule has 3 N–H and O–H groups in total. The van der Waals surface area contributed by atoms with Crippen LogP contribution in [0.25, 0.3) is 0 Å². The molecule has 10 heteroatoms. The third kappa shape index (κ3) is 5.67. The molecule has 1 aliphatic heterocycles. The van der Waals surface area contributed by atoms with Crippen LogP contribution >= 0.6 is 11.3 Å². The summed E-state index contributed by atoms with van der Waals surface area (Å²) >= 11 is 1.33. The second kappa shape index (κ2) is 9.37. The number of nitrogens with zero attached hydrogens (tertiary/aromatic N) is 3. The minimum absolute atomic E-state index is 0.116. The number of hydrogen-bond donors (Lipinski definition) is 3. The summed E-state index contributed by atoms with van der Waals surface area (Å²) in [5.41, 5.74) is 5.97. The third-order valence-corrected chi connectivity index (χ3v) is 5.84. The molecule has 3 amide bonds. The van der Waals surface area contributed by atoms with E-state index in [-0.39, 0.29) is 5.91 Å². The molecule has 3 heterocycles. The van der Waals surface area contributed by atoms with Gasteiger partial charge in [-0.2, -0.15) is 0 Å². The van der Waals surface area contributed by atoms with Crippen LogP contribution in [0, 0.1) is 0 Å². The van der Waals surface area contributed by atoms with E-state index in [0.29, 0.717) is 4.88 Å². The highest BCUT2D eigenvalue weighted by Gasteiger charge is 2.19. The molecular weight excluding hydrogens is 394 g/mol. The maximum atomic E-state index is 11.8. The van der Waals surface area contributed by atoms with Gasteiger partial charge in [-0.1, -0.05) is 0 Å². The largest absolute Gasteiger partial charge is 0.464 e. The summed E-state index contributed by atoms with van der Waals surface area (Å²) in [5, 5.41) is 8.51. The molecule has 3 rings (SSSR count). The Morgan fingerprint density at radius 1 is 1.07 bits per heavy atom. The van der Waals surface area contributed by atoms with Gasteiger partial charge in [-0.15, -0.1) is 11.3 Å². The summed E-state index contributed by atoms with van der Waals surface area (Å²) in [7, 11) is 0. The Morgan fingerprint density at radius 3 is 2.45 bits per heavy atom. The predicted molar refractivity (Wildman–Crippen MR) is 109 cm³/mol. The maximum Gasteiger partial charge on any atom is 0.423 e. The molecule has 0 bridgehead atoms. The van der Waals surface area contributed by atoms with Gasteiger partial charge in [0.2, 0.25) is 5.91 Å². The van der Waals surface area contributed by atoms with Crippen LogP contribution in [-0.4, -0.2) is 59.1 Å². The fraction of sp³-hybridized carbons (Fsp3) is 0.368. The minimum Gasteiger partial charge on any atom is -0.464 e. The van der Waals surface area contributed by atoms with Gasteiger partial charge in [0.05, 0.1) is 16.8 Å². The Morgan fingerprint density at radius 2 is 1.83 bits per heavy atom. The van der Waals surface area contributed by atoms with Gasteiger partial charge in [-0.25, -0.2) is 10.2 Å². The van der Waals surface area contributed by atoms with Crippen molar-refractivity contribution < 1.29 is 19.5 Å². The van der Waals surface area contributed by atoms with Crippen molar-refractivity contribution in [3.8, 4) is 0 Å². The molecule has 9 nitrogen and oxygen atoms in total. The number of rotatable bonds is 5. The number of thiophene rings is 1. The number of hydrogen-bond acceptors (Lipinski definition) is 6. The number of pyridine rings is 1. The smallest absolute Gasteiger partial charge is 0.423 e. The molecule has 154 valence electrons. The number of nitrogens with one attached hydrogen (secondary N) is 2. The van der Waals surface area contributed by atoms with E-state index in [1.807, 2.05) is 28.7 Å². The lowest BCUT2D eigenvalue weighted by Crippen LogP contribution is -2.48. The highest BCUT2D eigenvalue weighted by molar-refractivity contribution is 7.14. The SMILES string of the molecule is CC(=O)N1CCN(c2ccc(CCc3ccc(C(=O)NNC(=O)O)s3)nc2)CC1. The van der Waals surface area contributed by atoms with E-state index in [2.05, 4.69) is 21.4 Å². The first kappa shape index (κ1) is 20.6. The summed E-state index contributed by atoms with van der Waals surface area (Å²) in [6, 6.07) is 7.60. The average Bonchev–Trinajstić information content (AvgIpc) is 3.20. The standard InChI is InChI=1S/C19H23N5O4S/c1-13(25)23-8-10-24(11-9-23)15-4-2-14(20-12-15)3-5-16-6-7-17(29-16)18(26)21-22-19(27)28/h2,4,6-7,12,22H,3,5,8-11H2,1H3,(H,21,26)(H,27,28). The van der Waals surface area contributed by atoms with Crippen LogP contribution in [0.3, 0.4) is 0 Å². The number of aromatic nitrogens is 1. The highest BCUT2D eigenvalue weighted by atomic mass is 32.1. The van der Waals surface area contributed by atoms with Crippen LogP contribution in [0.1, 0.15) is 27.2 Å². The Balaban J connectivity index is 1.49. The number of carbonyl (C=O) groups is 3. The van der Waals surface area contributed by atoms with Gasteiger partial charge in [-0.05, 0) is 37.1 Å². The van der Waals surface area contributed by atoms with Gasteiger partial charge in [0.15, 0.2) is 0 Å². The number of hydrazine groups is 1. The van der Waals surface area contributed by atoms with Crippen LogP contribution < -0.4 is 15.8 Å². The molecule has 1 fully saturated rings. The Labute approximate surface area is 172 Å². The fourth-order valence-corrected chi connectivity index (χ4v) is 3.99. The molecule has 0 unspecified atom stereocenters. The van der Waals surface area contributed by atoms with Crippen molar-refractivity contribution in [2.24, 2.45) is 0 Å². The van der Waals surface area contributed by atoms with Crippen LogP contribution in [0.2, 0.25) is 0 Å². The first-order chi connectivity index (χ1) is 13.9. The minimum atomic E-state index is -1.31. The Bertz CT molecular complexity index is 875. The predicted octanol–water partition coefficient (Wildman–Crippen LogP) is 1.51. The molecule has 2 aromatic rings. The zero-order valence-corrected chi connectivity index (χ0v) is 16.9. The van der Waals surface area contributed by atoms with Crippen LogP contribution in [0.4, 0.5) is 10.5 Å². The number of amides is 3. The van der Waals surface area contributed by atoms with E-state index in [1.165, 1.54) is 11.3 Å². The van der Waals surface area contributed by atoms with Gasteiger partial charge in [-0.3, -0.25) is 20.0 Å². The maximum absolute atomic E-state index is 11.8. The zero-order chi connectivity index (χ0) is 20.8. The van der Waals surface area contributed by atoms with E-state index >= 15 is 0 Å². The van der Waals surface area contributed by atoms with Crippen molar-refractivity contribution in [3.63, 3.8) is 0 Å². The van der Waals surface area contributed by atoms with Gasteiger partial charge in [0, 0.05) is 43.7 Å². The molecule has 0 saturated carbocycles. The van der Waals surface area contributed by atoms with Crippen molar-refractivity contribution in [1.82, 2.24) is 20.7 Å². The Kier molecular flexibility index (Phi) is 6.65. The van der Waals surface area contributed by atoms with Crippen LogP contribution in [0.5, 0.6) is 0 Å². The van der Waals surface area contributed by atoms with E-state index < -0.39 is 12.0 Å². The van der Waals surface area contributed by atoms with Crippen molar-refractivity contribution in [2.75, 3.05) is 31.1 Å². The van der Waals surface area contributed by atoms with Crippen LogP contribution in [-0.2, 0) is 17.6 Å². The van der Waals surface area contributed by atoms with Crippen molar-refractivity contribution in [1.29, 1.82) is 0 Å². The zero-order valence-electron chi connectivity index (χ0n) is 16.1. The molecule has 2 aromatic heterocycles. The number of carboxylic acid groups (broad SMARTS) is 1. The molecule has 29 heavy (non-hydrogen) atoms. The first-order valence-corrected chi connectivity index (χ1v) is 10.1. The molecule has 1 aliphatic rings. The molecule has 0 aromatic carbocycles. The van der Waals surface area contributed by atoms with Gasteiger partial charge < -0.3 is 14.9 Å². The number of carbonyl (C=O) groups excluding carboxylic acids is 2. The lowest BCUT2D eigenvalue weighted by molar-refractivity contribution is -0.129. The summed E-state index contributed by atoms with van der Waals surface area (Å²) in [4.78, 5) is 43.7. The summed E-state index contributed by atoms with van der Waals surface area (Å²) in [6.45, 7) is 4.66. The topological polar surface area (TPSA) is 115 Å². The van der Waals surface area contributed by atoms with Crippen LogP contribution in [0.15, 0.2) is 30.5 Å². The van der Waals surface area contributed by atoms with Crippen molar-refractivity contribution in [3.05, 3.63) is 45.9 Å². The lowest BCUT2D eigenvalue weighted by Gasteiger charge is -2.35. The molecular formula is C19H23N5O4S. The van der Waals surface area contributed by atoms with E-state index in [1.54, 1.807) is 13.0 Å². The quantitative estimate of drug-likeness (QED) is 0.636. The Hall–Kier alpha value is -3.14. The normalized spacial score (nSPS) is 13.8. The summed E-state index contributed by atoms with van der Waals surface area (Å²) in [5.74, 6) is -0.360. The summed E-state index contributed by atoms with van der Waals surface area (Å²) < 4.78 is 0. The van der Waals surface area contributed by atoms with E-state index in [4.69, 9.17) is 5.11 Å². The van der Waals surface area contributed by atoms with E-state index in [9.17, 15) is 14.4 Å². The molecule has 0 spiro atoms.